The van der Waals surface area contributed by atoms with Crippen LogP contribution in [-0.4, -0.2) is 41.5 Å². The molecular formula is C14H17F3N2O3. The maximum atomic E-state index is 13.2. The largest absolute Gasteiger partial charge is 0.469 e. The zero-order chi connectivity index (χ0) is 16.5. The average molecular weight is 318 g/mol. The number of alkyl halides is 3. The van der Waals surface area contributed by atoms with Crippen LogP contribution in [0.1, 0.15) is 35.9 Å². The monoisotopic (exact) mass is 318 g/mol. The number of hydrogen-bond donors (Lipinski definition) is 1. The van der Waals surface area contributed by atoms with Gasteiger partial charge in [0.15, 0.2) is 0 Å². The number of nitrogens with one attached hydrogen (secondary N) is 1. The molecule has 0 spiro atoms. The molecule has 5 nitrogen and oxygen atoms in total. The summed E-state index contributed by atoms with van der Waals surface area (Å²) >= 11 is 0. The van der Waals surface area contributed by atoms with Crippen LogP contribution in [0, 0.1) is 6.92 Å². The summed E-state index contributed by atoms with van der Waals surface area (Å²) in [5, 5.41) is 2.57. The first-order valence-electron chi connectivity index (χ1n) is 6.88. The molecule has 0 radical (unpaired) electrons. The number of aryl methyl sites for hydroxylation is 1. The summed E-state index contributed by atoms with van der Waals surface area (Å²) in [6.07, 6.45) is -3.42. The van der Waals surface area contributed by atoms with Crippen molar-refractivity contribution in [1.82, 2.24) is 10.2 Å². The van der Waals surface area contributed by atoms with E-state index in [9.17, 15) is 22.8 Å². The first kappa shape index (κ1) is 16.4. The number of halogens is 3. The summed E-state index contributed by atoms with van der Waals surface area (Å²) in [5.74, 6) is -0.626. The number of piperidine rings is 1. The minimum atomic E-state index is -4.50. The topological polar surface area (TPSA) is 62.6 Å². The number of furan rings is 1. The number of likely N-dealkylation sites (tertiary alicyclic amines) is 1. The molecule has 1 aliphatic rings. The van der Waals surface area contributed by atoms with Gasteiger partial charge in [-0.25, -0.2) is 0 Å². The molecule has 0 saturated carbocycles. The molecule has 1 aliphatic heterocycles. The van der Waals surface area contributed by atoms with Crippen LogP contribution in [0.15, 0.2) is 16.7 Å². The number of rotatable bonds is 2. The van der Waals surface area contributed by atoms with Crippen LogP contribution in [0.5, 0.6) is 0 Å². The fourth-order valence-electron chi connectivity index (χ4n) is 2.66. The van der Waals surface area contributed by atoms with E-state index in [1.54, 1.807) is 6.92 Å². The SMILES string of the molecule is CC(=O)NC1CCC(C(F)(F)F)N(C(=O)c2coc(C)c2)C1. The first-order chi connectivity index (χ1) is 10.2. The second-order valence-electron chi connectivity index (χ2n) is 5.44. The Morgan fingerprint density at radius 2 is 2.05 bits per heavy atom. The average Bonchev–Trinajstić information content (AvgIpc) is 2.82. The normalized spacial score (nSPS) is 22.5. The van der Waals surface area contributed by atoms with Crippen molar-refractivity contribution in [1.29, 1.82) is 0 Å². The zero-order valence-corrected chi connectivity index (χ0v) is 12.2. The molecule has 2 amide bonds. The van der Waals surface area contributed by atoms with Gasteiger partial charge in [-0.2, -0.15) is 13.2 Å². The molecule has 122 valence electrons. The maximum Gasteiger partial charge on any atom is 0.408 e. The van der Waals surface area contributed by atoms with Gasteiger partial charge in [0.2, 0.25) is 5.91 Å². The van der Waals surface area contributed by atoms with Gasteiger partial charge in [0, 0.05) is 19.5 Å². The second-order valence-corrected chi connectivity index (χ2v) is 5.44. The number of amides is 2. The van der Waals surface area contributed by atoms with Crippen molar-refractivity contribution in [3.63, 3.8) is 0 Å². The van der Waals surface area contributed by atoms with Crippen molar-refractivity contribution in [2.45, 2.75) is 44.9 Å². The van der Waals surface area contributed by atoms with Crippen molar-refractivity contribution < 1.29 is 27.2 Å². The summed E-state index contributed by atoms with van der Waals surface area (Å²) in [5.41, 5.74) is 0.0789. The lowest BCUT2D eigenvalue weighted by Crippen LogP contribution is -2.58. The lowest BCUT2D eigenvalue weighted by molar-refractivity contribution is -0.184. The summed E-state index contributed by atoms with van der Waals surface area (Å²) in [6, 6.07) is -0.925. The molecule has 1 aromatic rings. The van der Waals surface area contributed by atoms with E-state index in [1.165, 1.54) is 13.0 Å². The van der Waals surface area contributed by atoms with Gasteiger partial charge in [0.05, 0.1) is 5.56 Å². The highest BCUT2D eigenvalue weighted by molar-refractivity contribution is 5.94. The molecule has 1 saturated heterocycles. The van der Waals surface area contributed by atoms with Gasteiger partial charge in [-0.1, -0.05) is 0 Å². The van der Waals surface area contributed by atoms with Crippen LogP contribution >= 0.6 is 0 Å². The van der Waals surface area contributed by atoms with Crippen LogP contribution in [-0.2, 0) is 4.79 Å². The van der Waals surface area contributed by atoms with Crippen LogP contribution in [0.25, 0.3) is 0 Å². The first-order valence-corrected chi connectivity index (χ1v) is 6.88. The predicted octanol–water partition coefficient (Wildman–Crippen LogP) is 2.26. The molecule has 1 N–H and O–H groups in total. The molecule has 2 rings (SSSR count). The van der Waals surface area contributed by atoms with E-state index in [4.69, 9.17) is 4.42 Å². The quantitative estimate of drug-likeness (QED) is 0.910. The Kier molecular flexibility index (Phi) is 4.48. The minimum absolute atomic E-state index is 0.0789. The molecule has 2 atom stereocenters. The highest BCUT2D eigenvalue weighted by Gasteiger charge is 2.48. The zero-order valence-electron chi connectivity index (χ0n) is 12.2. The number of nitrogens with zero attached hydrogens (tertiary/aromatic N) is 1. The predicted molar refractivity (Wildman–Crippen MR) is 71.2 cm³/mol. The van der Waals surface area contributed by atoms with E-state index in [0.29, 0.717) is 5.76 Å². The van der Waals surface area contributed by atoms with Crippen molar-refractivity contribution >= 4 is 11.8 Å². The molecule has 8 heteroatoms. The Bertz CT molecular complexity index is 568. The smallest absolute Gasteiger partial charge is 0.408 e. The van der Waals surface area contributed by atoms with E-state index in [2.05, 4.69) is 5.32 Å². The molecule has 2 unspecified atom stereocenters. The van der Waals surface area contributed by atoms with Crippen LogP contribution in [0.4, 0.5) is 13.2 Å². The molecule has 1 aromatic heterocycles. The minimum Gasteiger partial charge on any atom is -0.469 e. The molecule has 2 heterocycles. The van der Waals surface area contributed by atoms with Crippen molar-refractivity contribution in [3.05, 3.63) is 23.7 Å². The summed E-state index contributed by atoms with van der Waals surface area (Å²) in [4.78, 5) is 24.2. The van der Waals surface area contributed by atoms with E-state index < -0.39 is 24.2 Å². The van der Waals surface area contributed by atoms with E-state index in [-0.39, 0.29) is 30.9 Å². The fourth-order valence-corrected chi connectivity index (χ4v) is 2.66. The van der Waals surface area contributed by atoms with Crippen molar-refractivity contribution in [3.8, 4) is 0 Å². The van der Waals surface area contributed by atoms with Gasteiger partial charge in [0.1, 0.15) is 18.1 Å². The van der Waals surface area contributed by atoms with E-state index in [1.807, 2.05) is 0 Å². The molecule has 0 aliphatic carbocycles. The van der Waals surface area contributed by atoms with Gasteiger partial charge in [0.25, 0.3) is 5.91 Å². The Hall–Kier alpha value is -1.99. The van der Waals surface area contributed by atoms with E-state index in [0.717, 1.165) is 11.2 Å². The Balaban J connectivity index is 2.23. The standard InChI is InChI=1S/C14H17F3N2O3/c1-8-5-10(7-22-8)13(21)19-6-11(18-9(2)20)3-4-12(19)14(15,16)17/h5,7,11-12H,3-4,6H2,1-2H3,(H,18,20). The fraction of sp³-hybridized carbons (Fsp3) is 0.571. The molecule has 0 bridgehead atoms. The second kappa shape index (κ2) is 6.02. The Morgan fingerprint density at radius 3 is 2.55 bits per heavy atom. The Morgan fingerprint density at radius 1 is 1.36 bits per heavy atom. The lowest BCUT2D eigenvalue weighted by Gasteiger charge is -2.40. The van der Waals surface area contributed by atoms with E-state index >= 15 is 0 Å². The number of hydrogen-bond acceptors (Lipinski definition) is 3. The lowest BCUT2D eigenvalue weighted by atomic mass is 9.96. The third-order valence-electron chi connectivity index (χ3n) is 3.61. The van der Waals surface area contributed by atoms with Gasteiger partial charge in [-0.15, -0.1) is 0 Å². The van der Waals surface area contributed by atoms with Crippen molar-refractivity contribution in [2.24, 2.45) is 0 Å². The van der Waals surface area contributed by atoms with Gasteiger partial charge in [-0.3, -0.25) is 9.59 Å². The third kappa shape index (κ3) is 3.61. The maximum absolute atomic E-state index is 13.2. The van der Waals surface area contributed by atoms with Crippen molar-refractivity contribution in [2.75, 3.05) is 6.54 Å². The highest BCUT2D eigenvalue weighted by Crippen LogP contribution is 2.33. The van der Waals surface area contributed by atoms with Gasteiger partial charge < -0.3 is 14.6 Å². The number of carbonyl (C=O) groups excluding carboxylic acids is 2. The summed E-state index contributed by atoms with van der Waals surface area (Å²) in [7, 11) is 0. The third-order valence-corrected chi connectivity index (χ3v) is 3.61. The molecule has 22 heavy (non-hydrogen) atoms. The van der Waals surface area contributed by atoms with Crippen LogP contribution < -0.4 is 5.32 Å². The molecule has 0 aromatic carbocycles. The summed E-state index contributed by atoms with van der Waals surface area (Å²) < 4.78 is 44.5. The van der Waals surface area contributed by atoms with Gasteiger partial charge >= 0.3 is 6.18 Å². The molecule has 1 fully saturated rings. The molecular weight excluding hydrogens is 301 g/mol. The van der Waals surface area contributed by atoms with Gasteiger partial charge in [-0.05, 0) is 25.8 Å². The number of carbonyl (C=O) groups is 2. The summed E-state index contributed by atoms with van der Waals surface area (Å²) in [6.45, 7) is 2.72. The Labute approximate surface area is 125 Å². The highest BCUT2D eigenvalue weighted by atomic mass is 19.4. The van der Waals surface area contributed by atoms with Crippen LogP contribution in [0.2, 0.25) is 0 Å². The van der Waals surface area contributed by atoms with Crippen LogP contribution in [0.3, 0.4) is 0 Å².